The molecule has 4 aromatic rings. The van der Waals surface area contributed by atoms with Crippen LogP contribution in [0.4, 0.5) is 0 Å². The summed E-state index contributed by atoms with van der Waals surface area (Å²) >= 11 is 0. The molecule has 2 heterocycles. The summed E-state index contributed by atoms with van der Waals surface area (Å²) in [5.74, 6) is 0. The Bertz CT molecular complexity index is 979. The quantitative estimate of drug-likeness (QED) is 0.212. The van der Waals surface area contributed by atoms with Crippen LogP contribution in [-0.2, 0) is 0 Å². The van der Waals surface area contributed by atoms with Crippen LogP contribution in [0.25, 0.3) is 32.8 Å². The third-order valence-electron chi connectivity index (χ3n) is 3.53. The van der Waals surface area contributed by atoms with Gasteiger partial charge in [-0.3, -0.25) is 0 Å². The molecule has 0 unspecified atom stereocenters. The molecular formula is C16H11N3O. The minimum absolute atomic E-state index is 0.363. The lowest BCUT2D eigenvalue weighted by atomic mass is 10.1. The highest BCUT2D eigenvalue weighted by Crippen LogP contribution is 2.24. The molecule has 4 nitrogen and oxygen atoms in total. The molecule has 0 N–H and O–H groups in total. The van der Waals surface area contributed by atoms with Crippen LogP contribution in [0.2, 0.25) is 0 Å². The van der Waals surface area contributed by atoms with E-state index in [1.54, 1.807) is 0 Å². The number of hydrogen-bond acceptors (Lipinski definition) is 3. The van der Waals surface area contributed by atoms with Crippen molar-refractivity contribution in [1.29, 1.82) is 0 Å². The first kappa shape index (κ1) is 11.1. The van der Waals surface area contributed by atoms with Crippen LogP contribution >= 0.6 is 0 Å². The molecule has 0 amide bonds. The highest BCUT2D eigenvalue weighted by atomic mass is 16.5. The van der Waals surface area contributed by atoms with E-state index in [0.29, 0.717) is 16.0 Å². The van der Waals surface area contributed by atoms with Crippen LogP contribution in [-0.4, -0.2) is 10.1 Å². The van der Waals surface area contributed by atoms with E-state index in [9.17, 15) is 5.21 Å². The van der Waals surface area contributed by atoms with Crippen molar-refractivity contribution in [3.8, 4) is 0 Å². The highest BCUT2D eigenvalue weighted by Gasteiger charge is 2.14. The van der Waals surface area contributed by atoms with Gasteiger partial charge in [0.1, 0.15) is 5.52 Å². The van der Waals surface area contributed by atoms with Gasteiger partial charge in [-0.1, -0.05) is 34.9 Å². The Kier molecular flexibility index (Phi) is 2.15. The summed E-state index contributed by atoms with van der Waals surface area (Å²) in [4.78, 5) is 5.06. The fraction of sp³-hybridized carbons (Fsp3) is 0.0625. The van der Waals surface area contributed by atoms with Gasteiger partial charge in [-0.05, 0) is 36.2 Å². The topological polar surface area (TPSA) is 52.7 Å². The van der Waals surface area contributed by atoms with Gasteiger partial charge in [-0.15, -0.1) is 4.85 Å². The van der Waals surface area contributed by atoms with Crippen molar-refractivity contribution in [2.45, 2.75) is 6.92 Å². The first-order valence-electron chi connectivity index (χ1n) is 6.42. The second-order valence-electron chi connectivity index (χ2n) is 4.95. The zero-order valence-electron chi connectivity index (χ0n) is 10.9. The van der Waals surface area contributed by atoms with E-state index in [2.05, 4.69) is 10.1 Å². The van der Waals surface area contributed by atoms with Crippen molar-refractivity contribution >= 4 is 32.8 Å². The first-order chi connectivity index (χ1) is 9.72. The number of para-hydroxylation sites is 1. The van der Waals surface area contributed by atoms with Crippen molar-refractivity contribution in [3.05, 3.63) is 59.3 Å². The lowest BCUT2D eigenvalue weighted by Gasteiger charge is -2.06. The van der Waals surface area contributed by atoms with E-state index < -0.39 is 0 Å². The van der Waals surface area contributed by atoms with Crippen LogP contribution in [0.3, 0.4) is 0 Å². The summed E-state index contributed by atoms with van der Waals surface area (Å²) in [5, 5.41) is 18.9. The molecule has 4 rings (SSSR count). The van der Waals surface area contributed by atoms with Crippen molar-refractivity contribution in [3.63, 3.8) is 0 Å². The number of benzene rings is 2. The molecular weight excluding hydrogens is 250 g/mol. The standard InChI is InChI=1S/C16H11N3O/c1-10-6-7-15-12(8-10)13-9-11-4-2-3-5-14(11)17-16(13)19(20)18-15/h2-9H,1H3. The molecule has 4 heteroatoms. The van der Waals surface area contributed by atoms with E-state index in [1.807, 2.05) is 55.5 Å². The predicted octanol–water partition coefficient (Wildman–Crippen LogP) is 2.88. The summed E-state index contributed by atoms with van der Waals surface area (Å²) in [7, 11) is 0. The molecule has 0 aliphatic carbocycles. The molecule has 2 aromatic carbocycles. The number of nitrogens with zero attached hydrogens (tertiary/aromatic N) is 3. The minimum Gasteiger partial charge on any atom is -0.690 e. The maximum absolute atomic E-state index is 12.1. The van der Waals surface area contributed by atoms with Gasteiger partial charge >= 0.3 is 5.65 Å². The number of fused-ring (bicyclic) bond motifs is 4. The van der Waals surface area contributed by atoms with Crippen molar-refractivity contribution < 1.29 is 4.85 Å². The first-order valence-corrected chi connectivity index (χ1v) is 6.42. The van der Waals surface area contributed by atoms with E-state index in [1.165, 1.54) is 0 Å². The monoisotopic (exact) mass is 261 g/mol. The minimum atomic E-state index is 0.363. The maximum Gasteiger partial charge on any atom is 0.355 e. The molecule has 0 radical (unpaired) electrons. The lowest BCUT2D eigenvalue weighted by Crippen LogP contribution is -2.32. The second kappa shape index (κ2) is 3.87. The van der Waals surface area contributed by atoms with E-state index in [0.717, 1.165) is 27.2 Å². The summed E-state index contributed by atoms with van der Waals surface area (Å²) in [6, 6.07) is 15.7. The number of rotatable bonds is 0. The zero-order chi connectivity index (χ0) is 13.7. The van der Waals surface area contributed by atoms with E-state index in [4.69, 9.17) is 0 Å². The molecule has 96 valence electrons. The van der Waals surface area contributed by atoms with Crippen LogP contribution in [0.1, 0.15) is 5.56 Å². The lowest BCUT2D eigenvalue weighted by molar-refractivity contribution is -0.641. The average Bonchev–Trinajstić information content (AvgIpc) is 2.47. The molecule has 2 aromatic heterocycles. The fourth-order valence-corrected chi connectivity index (χ4v) is 2.55. The third-order valence-corrected chi connectivity index (χ3v) is 3.53. The molecule has 0 bridgehead atoms. The van der Waals surface area contributed by atoms with Crippen LogP contribution in [0, 0.1) is 12.1 Å². The maximum atomic E-state index is 12.1. The molecule has 0 atom stereocenters. The molecule has 0 saturated heterocycles. The Morgan fingerprint density at radius 1 is 0.950 bits per heavy atom. The largest absolute Gasteiger partial charge is 0.690 e. The Labute approximate surface area is 114 Å². The van der Waals surface area contributed by atoms with Gasteiger partial charge in [-0.25, -0.2) is 0 Å². The van der Waals surface area contributed by atoms with E-state index >= 15 is 0 Å². The van der Waals surface area contributed by atoms with E-state index in [-0.39, 0.29) is 0 Å². The Morgan fingerprint density at radius 3 is 2.70 bits per heavy atom. The van der Waals surface area contributed by atoms with Crippen LogP contribution in [0.5, 0.6) is 0 Å². The predicted molar refractivity (Wildman–Crippen MR) is 78.2 cm³/mol. The van der Waals surface area contributed by atoms with Crippen LogP contribution < -0.4 is 4.85 Å². The summed E-state index contributed by atoms with van der Waals surface area (Å²) in [6.07, 6.45) is 0. The molecule has 0 spiro atoms. The van der Waals surface area contributed by atoms with Crippen molar-refractivity contribution in [2.24, 2.45) is 0 Å². The molecule has 0 aliphatic heterocycles. The van der Waals surface area contributed by atoms with Crippen molar-refractivity contribution in [1.82, 2.24) is 10.1 Å². The van der Waals surface area contributed by atoms with Gasteiger partial charge in [0, 0.05) is 10.8 Å². The van der Waals surface area contributed by atoms with Crippen molar-refractivity contribution in [2.75, 3.05) is 0 Å². The molecule has 0 aliphatic rings. The van der Waals surface area contributed by atoms with Crippen LogP contribution in [0.15, 0.2) is 48.5 Å². The Morgan fingerprint density at radius 2 is 1.80 bits per heavy atom. The zero-order valence-corrected chi connectivity index (χ0v) is 10.9. The molecule has 20 heavy (non-hydrogen) atoms. The summed E-state index contributed by atoms with van der Waals surface area (Å²) < 4.78 is 0. The highest BCUT2D eigenvalue weighted by molar-refractivity contribution is 6.05. The van der Waals surface area contributed by atoms with Gasteiger partial charge in [0.2, 0.25) is 0 Å². The number of aromatic nitrogens is 3. The second-order valence-corrected chi connectivity index (χ2v) is 4.95. The average molecular weight is 261 g/mol. The number of pyridine rings is 1. The SMILES string of the molecule is Cc1ccc2n[n+]([O-])c3nc4ccccc4cc3c2c1. The Balaban J connectivity index is 2.29. The van der Waals surface area contributed by atoms with Gasteiger partial charge in [0.25, 0.3) is 0 Å². The van der Waals surface area contributed by atoms with Gasteiger partial charge in [-0.2, -0.15) is 0 Å². The summed E-state index contributed by atoms with van der Waals surface area (Å²) in [5.41, 5.74) is 2.99. The van der Waals surface area contributed by atoms with Gasteiger partial charge in [0.15, 0.2) is 5.52 Å². The fourth-order valence-electron chi connectivity index (χ4n) is 2.55. The normalized spacial score (nSPS) is 11.4. The molecule has 0 fully saturated rings. The van der Waals surface area contributed by atoms with Gasteiger partial charge in [0.05, 0.1) is 5.39 Å². The van der Waals surface area contributed by atoms with Gasteiger partial charge < -0.3 is 5.21 Å². The Hall–Kier alpha value is -2.75. The summed E-state index contributed by atoms with van der Waals surface area (Å²) in [6.45, 7) is 2.03. The smallest absolute Gasteiger partial charge is 0.355 e. The molecule has 0 saturated carbocycles. The number of hydrogen-bond donors (Lipinski definition) is 0. The third kappa shape index (κ3) is 1.51. The number of aryl methyl sites for hydroxylation is 1.